The molecule has 0 radical (unpaired) electrons. The number of hydrogen-bond acceptors (Lipinski definition) is 4. The predicted octanol–water partition coefficient (Wildman–Crippen LogP) is 2.92. The molecule has 1 amide bonds. The summed E-state index contributed by atoms with van der Waals surface area (Å²) in [5.74, 6) is 1.63. The van der Waals surface area contributed by atoms with E-state index in [4.69, 9.17) is 0 Å². The van der Waals surface area contributed by atoms with E-state index in [1.165, 1.54) is 0 Å². The van der Waals surface area contributed by atoms with Crippen LogP contribution in [0.3, 0.4) is 0 Å². The highest BCUT2D eigenvalue weighted by Crippen LogP contribution is 2.19. The average Bonchev–Trinajstić information content (AvgIpc) is 3.00. The minimum absolute atomic E-state index is 0.0200. The second kappa shape index (κ2) is 8.87. The molecule has 0 unspecified atom stereocenters. The lowest BCUT2D eigenvalue weighted by Gasteiger charge is -2.23. The number of amides is 1. The SMILES string of the molecule is CSCc1nc2ccccc2n1CC(=O)N(CCO)Cc1ccccc1. The van der Waals surface area contributed by atoms with Gasteiger partial charge in [-0.1, -0.05) is 42.5 Å². The van der Waals surface area contributed by atoms with E-state index in [0.29, 0.717) is 13.1 Å². The quantitative estimate of drug-likeness (QED) is 0.663. The summed E-state index contributed by atoms with van der Waals surface area (Å²) in [6.45, 7) is 0.979. The van der Waals surface area contributed by atoms with Crippen molar-refractivity contribution in [3.8, 4) is 0 Å². The van der Waals surface area contributed by atoms with Gasteiger partial charge in [-0.05, 0) is 24.0 Å². The third-order valence-corrected chi connectivity index (χ3v) is 4.79. The average molecular weight is 369 g/mol. The molecule has 0 aliphatic heterocycles. The van der Waals surface area contributed by atoms with Crippen molar-refractivity contribution in [3.63, 3.8) is 0 Å². The molecule has 6 heteroatoms. The highest BCUT2D eigenvalue weighted by Gasteiger charge is 2.18. The Labute approximate surface area is 157 Å². The van der Waals surface area contributed by atoms with Gasteiger partial charge in [-0.15, -0.1) is 0 Å². The highest BCUT2D eigenvalue weighted by atomic mass is 32.2. The number of para-hydroxylation sites is 2. The van der Waals surface area contributed by atoms with E-state index in [0.717, 1.165) is 28.2 Å². The summed E-state index contributed by atoms with van der Waals surface area (Å²) >= 11 is 1.68. The predicted molar refractivity (Wildman–Crippen MR) is 106 cm³/mol. The Morgan fingerprint density at radius 2 is 1.88 bits per heavy atom. The van der Waals surface area contributed by atoms with Gasteiger partial charge in [0.2, 0.25) is 5.91 Å². The summed E-state index contributed by atoms with van der Waals surface area (Å²) in [6, 6.07) is 17.7. The van der Waals surface area contributed by atoms with Gasteiger partial charge in [0, 0.05) is 13.1 Å². The first-order valence-electron chi connectivity index (χ1n) is 8.58. The molecule has 0 atom stereocenters. The van der Waals surface area contributed by atoms with Crippen LogP contribution in [0.2, 0.25) is 0 Å². The molecule has 0 aliphatic carbocycles. The van der Waals surface area contributed by atoms with Crippen molar-refractivity contribution in [1.82, 2.24) is 14.5 Å². The highest BCUT2D eigenvalue weighted by molar-refractivity contribution is 7.97. The van der Waals surface area contributed by atoms with Gasteiger partial charge in [-0.3, -0.25) is 4.79 Å². The van der Waals surface area contributed by atoms with Gasteiger partial charge >= 0.3 is 0 Å². The number of imidazole rings is 1. The van der Waals surface area contributed by atoms with E-state index in [1.54, 1.807) is 16.7 Å². The van der Waals surface area contributed by atoms with Gasteiger partial charge in [-0.25, -0.2) is 4.98 Å². The van der Waals surface area contributed by atoms with Crippen LogP contribution in [0.5, 0.6) is 0 Å². The zero-order valence-electron chi connectivity index (χ0n) is 14.8. The van der Waals surface area contributed by atoms with Crippen molar-refractivity contribution in [3.05, 3.63) is 66.0 Å². The van der Waals surface area contributed by atoms with Crippen molar-refractivity contribution in [2.75, 3.05) is 19.4 Å². The van der Waals surface area contributed by atoms with Gasteiger partial charge in [0.15, 0.2) is 0 Å². The van der Waals surface area contributed by atoms with Crippen molar-refractivity contribution < 1.29 is 9.90 Å². The van der Waals surface area contributed by atoms with Crippen LogP contribution in [0.25, 0.3) is 11.0 Å². The van der Waals surface area contributed by atoms with Gasteiger partial charge in [-0.2, -0.15) is 11.8 Å². The molecule has 1 N–H and O–H groups in total. The second-order valence-electron chi connectivity index (χ2n) is 6.06. The van der Waals surface area contributed by atoms with Crippen LogP contribution in [0.1, 0.15) is 11.4 Å². The summed E-state index contributed by atoms with van der Waals surface area (Å²) in [4.78, 5) is 19.3. The van der Waals surface area contributed by atoms with Crippen molar-refractivity contribution in [1.29, 1.82) is 0 Å². The fourth-order valence-electron chi connectivity index (χ4n) is 2.99. The normalized spacial score (nSPS) is 11.0. The number of rotatable bonds is 8. The maximum atomic E-state index is 13.0. The molecule has 2 aromatic carbocycles. The topological polar surface area (TPSA) is 58.4 Å². The fourth-order valence-corrected chi connectivity index (χ4v) is 3.47. The van der Waals surface area contributed by atoms with Crippen molar-refractivity contribution in [2.24, 2.45) is 0 Å². The van der Waals surface area contributed by atoms with E-state index in [9.17, 15) is 9.90 Å². The molecule has 1 aromatic heterocycles. The van der Waals surface area contributed by atoms with Gasteiger partial charge in [0.25, 0.3) is 0 Å². The van der Waals surface area contributed by atoms with Crippen LogP contribution < -0.4 is 0 Å². The Hall–Kier alpha value is -2.31. The molecule has 26 heavy (non-hydrogen) atoms. The van der Waals surface area contributed by atoms with E-state index >= 15 is 0 Å². The molecule has 0 saturated carbocycles. The monoisotopic (exact) mass is 369 g/mol. The van der Waals surface area contributed by atoms with Crippen LogP contribution in [-0.4, -0.2) is 44.9 Å². The molecule has 1 heterocycles. The van der Waals surface area contributed by atoms with Crippen LogP contribution >= 0.6 is 11.8 Å². The molecule has 0 bridgehead atoms. The number of fused-ring (bicyclic) bond motifs is 1. The summed E-state index contributed by atoms with van der Waals surface area (Å²) in [5.41, 5.74) is 2.92. The molecule has 3 aromatic rings. The second-order valence-corrected chi connectivity index (χ2v) is 6.93. The Morgan fingerprint density at radius 3 is 2.62 bits per heavy atom. The maximum Gasteiger partial charge on any atom is 0.242 e. The summed E-state index contributed by atoms with van der Waals surface area (Å²) in [6.07, 6.45) is 2.03. The van der Waals surface area contributed by atoms with Crippen LogP contribution in [-0.2, 0) is 23.6 Å². The molecule has 0 spiro atoms. The lowest BCUT2D eigenvalue weighted by molar-refractivity contribution is -0.133. The van der Waals surface area contributed by atoms with E-state index in [-0.39, 0.29) is 19.1 Å². The molecule has 0 saturated heterocycles. The first-order chi connectivity index (χ1) is 12.7. The molecule has 3 rings (SSSR count). The molecule has 0 aliphatic rings. The smallest absolute Gasteiger partial charge is 0.242 e. The Bertz CT molecular complexity index is 864. The third kappa shape index (κ3) is 4.26. The number of carbonyl (C=O) groups excluding carboxylic acids is 1. The van der Waals surface area contributed by atoms with E-state index < -0.39 is 0 Å². The molecular weight excluding hydrogens is 346 g/mol. The standard InChI is InChI=1S/C20H23N3O2S/c1-26-15-19-21-17-9-5-6-10-18(17)23(19)14-20(25)22(11-12-24)13-16-7-3-2-4-8-16/h2-10,24H,11-15H2,1H3. The van der Waals surface area contributed by atoms with Crippen LogP contribution in [0.4, 0.5) is 0 Å². The molecule has 5 nitrogen and oxygen atoms in total. The summed E-state index contributed by atoms with van der Waals surface area (Å²) < 4.78 is 1.99. The Morgan fingerprint density at radius 1 is 1.15 bits per heavy atom. The van der Waals surface area contributed by atoms with E-state index in [1.807, 2.05) is 65.4 Å². The molecule has 0 fully saturated rings. The van der Waals surface area contributed by atoms with E-state index in [2.05, 4.69) is 4.98 Å². The molecule has 136 valence electrons. The lowest BCUT2D eigenvalue weighted by atomic mass is 10.2. The number of aliphatic hydroxyl groups is 1. The number of thioether (sulfide) groups is 1. The summed E-state index contributed by atoms with van der Waals surface area (Å²) in [5, 5.41) is 9.38. The van der Waals surface area contributed by atoms with Crippen LogP contribution in [0.15, 0.2) is 54.6 Å². The van der Waals surface area contributed by atoms with Crippen LogP contribution in [0, 0.1) is 0 Å². The number of nitrogens with zero attached hydrogens (tertiary/aromatic N) is 3. The largest absolute Gasteiger partial charge is 0.395 e. The first-order valence-corrected chi connectivity index (χ1v) is 9.98. The first kappa shape index (κ1) is 18.5. The Balaban J connectivity index is 1.84. The number of aliphatic hydroxyl groups excluding tert-OH is 1. The van der Waals surface area contributed by atoms with Gasteiger partial charge < -0.3 is 14.6 Å². The number of carbonyl (C=O) groups is 1. The maximum absolute atomic E-state index is 13.0. The van der Waals surface area contributed by atoms with Gasteiger partial charge in [0.1, 0.15) is 12.4 Å². The van der Waals surface area contributed by atoms with Gasteiger partial charge in [0.05, 0.1) is 23.4 Å². The minimum Gasteiger partial charge on any atom is -0.395 e. The minimum atomic E-state index is -0.0546. The number of hydrogen-bond donors (Lipinski definition) is 1. The van der Waals surface area contributed by atoms with Crippen molar-refractivity contribution >= 4 is 28.7 Å². The zero-order chi connectivity index (χ0) is 18.4. The third-order valence-electron chi connectivity index (χ3n) is 4.24. The Kier molecular flexibility index (Phi) is 6.30. The molecular formula is C20H23N3O2S. The fraction of sp³-hybridized carbons (Fsp3) is 0.300. The zero-order valence-corrected chi connectivity index (χ0v) is 15.7. The van der Waals surface area contributed by atoms with Crippen molar-refractivity contribution in [2.45, 2.75) is 18.8 Å². The lowest BCUT2D eigenvalue weighted by Crippen LogP contribution is -2.35. The number of benzene rings is 2. The number of aromatic nitrogens is 2. The summed E-state index contributed by atoms with van der Waals surface area (Å²) in [7, 11) is 0.